The van der Waals surface area contributed by atoms with Crippen molar-refractivity contribution in [3.05, 3.63) is 75.8 Å². The lowest BCUT2D eigenvalue weighted by molar-refractivity contribution is 0.368. The van der Waals surface area contributed by atoms with E-state index in [1.165, 1.54) is 0 Å². The zero-order valence-corrected chi connectivity index (χ0v) is 28.4. The molecule has 0 aliphatic carbocycles. The summed E-state index contributed by atoms with van der Waals surface area (Å²) in [5, 5.41) is 7.78. The van der Waals surface area contributed by atoms with Crippen molar-refractivity contribution in [2.75, 3.05) is 31.1 Å². The maximum Gasteiger partial charge on any atom is 0.327 e. The highest BCUT2D eigenvalue weighted by atomic mass is 16.1. The second-order valence-corrected chi connectivity index (χ2v) is 12.9. The number of hydrogen-bond donors (Lipinski definition) is 3. The Kier molecular flexibility index (Phi) is 8.22. The third-order valence-corrected chi connectivity index (χ3v) is 10.1. The standard InChI is InChI=1S/C23H26N10O.C11H14N4O/c1-4-32-14(2)16(12-27-32)20-28-18-21(30(20)3)25-13-26-22(18)31-10-7-15(8-11-31)33-17-6-5-9-24-19(17)29-23(33)34;16-11-14-10-9(2-1-5-13-10)15(11)8-3-6-12-7-4-8/h5-6,9,12-13,15H,4,7-8,10-11H2,1-3H3,(H,24,29,34);1-2,5,8,12H,3-4,6-7H2,(H,13,14,16). The van der Waals surface area contributed by atoms with Crippen LogP contribution in [-0.2, 0) is 13.6 Å². The molecule has 0 bridgehead atoms. The van der Waals surface area contributed by atoms with Crippen molar-refractivity contribution in [2.45, 2.75) is 58.2 Å². The summed E-state index contributed by atoms with van der Waals surface area (Å²) in [6.07, 6.45) is 10.5. The van der Waals surface area contributed by atoms with E-state index < -0.39 is 0 Å². The summed E-state index contributed by atoms with van der Waals surface area (Å²) in [5.41, 5.74) is 6.61. The number of nitrogens with one attached hydrogen (secondary N) is 3. The fourth-order valence-electron chi connectivity index (χ4n) is 7.49. The Morgan fingerprint density at radius 3 is 2.06 bits per heavy atom. The fourth-order valence-corrected chi connectivity index (χ4v) is 7.49. The number of rotatable bonds is 5. The lowest BCUT2D eigenvalue weighted by Crippen LogP contribution is -2.37. The maximum atomic E-state index is 12.6. The normalized spacial score (nSPS) is 16.0. The molecule has 0 amide bonds. The average Bonchev–Trinajstić information content (AvgIpc) is 3.89. The van der Waals surface area contributed by atoms with Crippen LogP contribution in [0.25, 0.3) is 44.9 Å². The molecule has 0 radical (unpaired) electrons. The van der Waals surface area contributed by atoms with E-state index in [1.807, 2.05) is 55.9 Å². The van der Waals surface area contributed by atoms with Crippen LogP contribution in [0.5, 0.6) is 0 Å². The molecule has 2 fully saturated rings. The predicted octanol–water partition coefficient (Wildman–Crippen LogP) is 3.08. The van der Waals surface area contributed by atoms with Gasteiger partial charge in [0, 0.05) is 56.9 Å². The lowest BCUT2D eigenvalue weighted by Gasteiger charge is -2.33. The quantitative estimate of drug-likeness (QED) is 0.245. The number of H-pyrrole nitrogens is 2. The molecule has 0 unspecified atom stereocenters. The molecule has 0 aromatic carbocycles. The van der Waals surface area contributed by atoms with Crippen LogP contribution in [0.3, 0.4) is 0 Å². The third-order valence-electron chi connectivity index (χ3n) is 10.1. The summed E-state index contributed by atoms with van der Waals surface area (Å²) in [4.78, 5) is 54.9. The van der Waals surface area contributed by atoms with Crippen molar-refractivity contribution in [2.24, 2.45) is 7.05 Å². The fraction of sp³-hybridized carbons (Fsp3) is 0.412. The van der Waals surface area contributed by atoms with Crippen LogP contribution in [-0.4, -0.2) is 84.5 Å². The second-order valence-electron chi connectivity index (χ2n) is 12.9. The van der Waals surface area contributed by atoms with E-state index in [4.69, 9.17) is 4.98 Å². The number of anilines is 1. The number of aromatic amines is 2. The minimum Gasteiger partial charge on any atom is -0.355 e. The van der Waals surface area contributed by atoms with Gasteiger partial charge in [0.05, 0.1) is 22.8 Å². The topological polar surface area (TPSA) is 178 Å². The van der Waals surface area contributed by atoms with Crippen LogP contribution in [0.1, 0.15) is 50.4 Å². The third kappa shape index (κ3) is 5.45. The Labute approximate surface area is 286 Å². The first-order chi connectivity index (χ1) is 24.4. The summed E-state index contributed by atoms with van der Waals surface area (Å²) >= 11 is 0. The molecule has 2 saturated heterocycles. The van der Waals surface area contributed by atoms with Crippen LogP contribution < -0.4 is 21.6 Å². The van der Waals surface area contributed by atoms with Crippen molar-refractivity contribution < 1.29 is 0 Å². The van der Waals surface area contributed by atoms with Gasteiger partial charge in [-0.05, 0) is 76.9 Å². The van der Waals surface area contributed by atoms with Gasteiger partial charge in [-0.2, -0.15) is 5.10 Å². The minimum absolute atomic E-state index is 0.0411. The molecular weight excluding hydrogens is 636 g/mol. The Morgan fingerprint density at radius 2 is 1.46 bits per heavy atom. The van der Waals surface area contributed by atoms with Gasteiger partial charge < -0.3 is 14.8 Å². The minimum atomic E-state index is -0.103. The van der Waals surface area contributed by atoms with E-state index in [0.29, 0.717) is 17.3 Å². The van der Waals surface area contributed by atoms with E-state index in [-0.39, 0.29) is 17.4 Å². The largest absolute Gasteiger partial charge is 0.355 e. The van der Waals surface area contributed by atoms with E-state index in [2.05, 4.69) is 59.1 Å². The lowest BCUT2D eigenvalue weighted by atomic mass is 10.0. The molecule has 0 saturated carbocycles. The summed E-state index contributed by atoms with van der Waals surface area (Å²) in [6.45, 7) is 8.45. The first-order valence-corrected chi connectivity index (χ1v) is 17.2. The Balaban J connectivity index is 0.000000188. The SMILES string of the molecule is CCn1ncc(-c2nc3c(N4CCC(n5c(=O)[nH]c6ncccc65)CC4)ncnc3n2C)c1C.O=c1[nH]c2ncccc2n1C1CCNCC1. The van der Waals surface area contributed by atoms with Crippen molar-refractivity contribution in [1.29, 1.82) is 0 Å². The molecule has 50 heavy (non-hydrogen) atoms. The maximum absolute atomic E-state index is 12.6. The van der Waals surface area contributed by atoms with Gasteiger partial charge in [-0.1, -0.05) is 0 Å². The van der Waals surface area contributed by atoms with Gasteiger partial charge in [0.25, 0.3) is 0 Å². The van der Waals surface area contributed by atoms with E-state index in [9.17, 15) is 9.59 Å². The molecule has 2 aliphatic heterocycles. The summed E-state index contributed by atoms with van der Waals surface area (Å²) in [6, 6.07) is 8.03. The zero-order chi connectivity index (χ0) is 34.4. The number of imidazole rings is 3. The Hall–Kier alpha value is -5.64. The highest BCUT2D eigenvalue weighted by Gasteiger charge is 2.27. The molecule has 16 heteroatoms. The first kappa shape index (κ1) is 31.6. The van der Waals surface area contributed by atoms with E-state index in [0.717, 1.165) is 104 Å². The number of pyridine rings is 2. The van der Waals surface area contributed by atoms with Gasteiger partial charge in [-0.15, -0.1) is 0 Å². The molecule has 258 valence electrons. The summed E-state index contributed by atoms with van der Waals surface area (Å²) in [7, 11) is 1.98. The first-order valence-electron chi connectivity index (χ1n) is 17.2. The number of hydrogen-bond acceptors (Lipinski definition) is 10. The predicted molar refractivity (Wildman–Crippen MR) is 190 cm³/mol. The Morgan fingerprint density at radius 1 is 0.840 bits per heavy atom. The number of nitrogens with zero attached hydrogens (tertiary/aromatic N) is 11. The number of piperidine rings is 2. The summed E-state index contributed by atoms with van der Waals surface area (Å²) in [5.74, 6) is 1.67. The molecule has 9 rings (SSSR count). The van der Waals surface area contributed by atoms with Crippen LogP contribution in [0, 0.1) is 6.92 Å². The number of aryl methyl sites for hydroxylation is 2. The van der Waals surface area contributed by atoms with Crippen LogP contribution in [0.15, 0.2) is 58.8 Å². The molecule has 0 spiro atoms. The van der Waals surface area contributed by atoms with Crippen molar-refractivity contribution in [3.8, 4) is 11.4 Å². The smallest absolute Gasteiger partial charge is 0.327 e. The van der Waals surface area contributed by atoms with Gasteiger partial charge in [0.2, 0.25) is 0 Å². The van der Waals surface area contributed by atoms with Gasteiger partial charge in [0.15, 0.2) is 28.3 Å². The van der Waals surface area contributed by atoms with Crippen molar-refractivity contribution in [1.82, 2.24) is 63.7 Å². The van der Waals surface area contributed by atoms with Crippen molar-refractivity contribution in [3.63, 3.8) is 0 Å². The zero-order valence-electron chi connectivity index (χ0n) is 28.4. The van der Waals surface area contributed by atoms with Crippen LogP contribution >= 0.6 is 0 Å². The second kappa shape index (κ2) is 13.0. The molecule has 2 aliphatic rings. The van der Waals surface area contributed by atoms with Crippen LogP contribution in [0.2, 0.25) is 0 Å². The number of aromatic nitrogens is 12. The molecule has 7 aromatic heterocycles. The summed E-state index contributed by atoms with van der Waals surface area (Å²) < 4.78 is 7.68. The molecule has 7 aromatic rings. The highest BCUT2D eigenvalue weighted by Crippen LogP contribution is 2.32. The molecule has 9 heterocycles. The monoisotopic (exact) mass is 676 g/mol. The van der Waals surface area contributed by atoms with E-state index >= 15 is 0 Å². The van der Waals surface area contributed by atoms with Crippen molar-refractivity contribution >= 4 is 39.3 Å². The molecule has 16 nitrogen and oxygen atoms in total. The molecule has 3 N–H and O–H groups in total. The van der Waals surface area contributed by atoms with E-state index in [1.54, 1.807) is 18.7 Å². The van der Waals surface area contributed by atoms with Gasteiger partial charge in [-0.3, -0.25) is 23.8 Å². The molecule has 0 atom stereocenters. The number of fused-ring (bicyclic) bond motifs is 3. The van der Waals surface area contributed by atoms with Gasteiger partial charge in [0.1, 0.15) is 12.2 Å². The highest BCUT2D eigenvalue weighted by molar-refractivity contribution is 5.87. The van der Waals surface area contributed by atoms with Gasteiger partial charge in [-0.25, -0.2) is 34.5 Å². The Bertz CT molecular complexity index is 2410. The van der Waals surface area contributed by atoms with Crippen LogP contribution in [0.4, 0.5) is 5.82 Å². The molecular formula is C34H40N14O2. The average molecular weight is 677 g/mol. The van der Waals surface area contributed by atoms with Gasteiger partial charge >= 0.3 is 11.4 Å².